The van der Waals surface area contributed by atoms with Crippen molar-refractivity contribution in [1.82, 2.24) is 20.6 Å². The number of nitrogens with zero attached hydrogens (tertiary/aromatic N) is 2. The average molecular weight is 552 g/mol. The number of hydrogen-bond acceptors (Lipinski definition) is 8. The minimum atomic E-state index is -0.280. The van der Waals surface area contributed by atoms with Gasteiger partial charge in [0.05, 0.1) is 29.1 Å². The number of hydrogen-bond donors (Lipinski definition) is 5. The maximum atomic E-state index is 11.3. The van der Waals surface area contributed by atoms with Gasteiger partial charge >= 0.3 is 0 Å². The van der Waals surface area contributed by atoms with Gasteiger partial charge in [-0.1, -0.05) is 19.1 Å². The molecule has 1 aromatic carbocycles. The molecule has 3 rings (SSSR count). The number of phenols is 1. The number of aromatic nitrogens is 2. The SMILES string of the molecule is CCCC(=O)c1ccncc1O.CCNC(=O)c1ccccc1O.CCNC(=O)c1ccncc1O.[Fe]. The van der Waals surface area contributed by atoms with Crippen molar-refractivity contribution in [1.29, 1.82) is 0 Å². The van der Waals surface area contributed by atoms with Gasteiger partial charge in [0.1, 0.15) is 17.2 Å². The van der Waals surface area contributed by atoms with Gasteiger partial charge in [-0.15, -0.1) is 0 Å². The fourth-order valence-electron chi connectivity index (χ4n) is 2.74. The van der Waals surface area contributed by atoms with Crippen LogP contribution in [-0.2, 0) is 17.1 Å². The minimum absolute atomic E-state index is 0. The van der Waals surface area contributed by atoms with Gasteiger partial charge in [-0.05, 0) is 44.5 Å². The molecule has 0 spiro atoms. The van der Waals surface area contributed by atoms with E-state index in [0.717, 1.165) is 6.42 Å². The largest absolute Gasteiger partial charge is 0.507 e. The summed E-state index contributed by atoms with van der Waals surface area (Å²) in [7, 11) is 0. The molecule has 0 radical (unpaired) electrons. The zero-order valence-corrected chi connectivity index (χ0v) is 22.0. The Balaban J connectivity index is 0.000000518. The summed E-state index contributed by atoms with van der Waals surface area (Å²) in [5.41, 5.74) is 0.943. The Morgan fingerprint density at radius 3 is 1.59 bits per heavy atom. The molecule has 0 saturated heterocycles. The van der Waals surface area contributed by atoms with Crippen molar-refractivity contribution < 1.29 is 46.8 Å². The maximum Gasteiger partial charge on any atom is 0.255 e. The van der Waals surface area contributed by atoms with Gasteiger partial charge in [-0.2, -0.15) is 0 Å². The molecule has 0 bridgehead atoms. The van der Waals surface area contributed by atoms with Gasteiger partial charge < -0.3 is 26.0 Å². The molecular formula is C26H32FeN4O6. The molecule has 0 aliphatic heterocycles. The fourth-order valence-corrected chi connectivity index (χ4v) is 2.74. The number of ketones is 1. The van der Waals surface area contributed by atoms with Crippen LogP contribution in [0.5, 0.6) is 17.2 Å². The van der Waals surface area contributed by atoms with Crippen LogP contribution in [0.1, 0.15) is 64.7 Å². The Morgan fingerprint density at radius 2 is 1.16 bits per heavy atom. The summed E-state index contributed by atoms with van der Waals surface area (Å²) in [5.74, 6) is -0.659. The van der Waals surface area contributed by atoms with E-state index in [2.05, 4.69) is 20.6 Å². The second-order valence-electron chi connectivity index (χ2n) is 7.19. The number of carbonyl (C=O) groups excluding carboxylic acids is 3. The van der Waals surface area contributed by atoms with E-state index < -0.39 is 0 Å². The third-order valence-electron chi connectivity index (χ3n) is 4.45. The predicted octanol–water partition coefficient (Wildman–Crippen LogP) is 3.45. The van der Waals surface area contributed by atoms with E-state index in [-0.39, 0.29) is 57.5 Å². The van der Waals surface area contributed by atoms with Crippen LogP contribution in [0.4, 0.5) is 0 Å². The number of benzene rings is 1. The molecule has 10 nitrogen and oxygen atoms in total. The van der Waals surface area contributed by atoms with E-state index in [9.17, 15) is 29.7 Å². The number of Topliss-reactive ketones (excluding diaryl/α,β-unsaturated/α-hetero) is 1. The van der Waals surface area contributed by atoms with Crippen molar-refractivity contribution in [3.63, 3.8) is 0 Å². The zero-order valence-electron chi connectivity index (χ0n) is 20.9. The number of phenolic OH excluding ortho intramolecular Hbond substituents is 1. The van der Waals surface area contributed by atoms with E-state index in [0.29, 0.717) is 30.6 Å². The molecule has 37 heavy (non-hydrogen) atoms. The summed E-state index contributed by atoms with van der Waals surface area (Å²) in [6.07, 6.45) is 6.75. The van der Waals surface area contributed by atoms with Crippen LogP contribution in [-0.4, -0.2) is 56.0 Å². The van der Waals surface area contributed by atoms with Crippen LogP contribution >= 0.6 is 0 Å². The second kappa shape index (κ2) is 18.3. The summed E-state index contributed by atoms with van der Waals surface area (Å²) in [5, 5.41) is 32.8. The first-order valence-corrected chi connectivity index (χ1v) is 11.4. The maximum absolute atomic E-state index is 11.3. The predicted molar refractivity (Wildman–Crippen MR) is 135 cm³/mol. The molecule has 2 amide bonds. The topological polar surface area (TPSA) is 162 Å². The van der Waals surface area contributed by atoms with Gasteiger partial charge in [0, 0.05) is 49.0 Å². The molecule has 0 aliphatic rings. The third-order valence-corrected chi connectivity index (χ3v) is 4.45. The van der Waals surface area contributed by atoms with Crippen LogP contribution in [0.2, 0.25) is 0 Å². The van der Waals surface area contributed by atoms with Gasteiger partial charge in [-0.25, -0.2) is 0 Å². The molecule has 0 atom stereocenters. The van der Waals surface area contributed by atoms with Crippen LogP contribution < -0.4 is 10.6 Å². The third kappa shape index (κ3) is 11.6. The molecule has 2 heterocycles. The molecule has 0 fully saturated rings. The van der Waals surface area contributed by atoms with E-state index in [1.165, 1.54) is 43.0 Å². The number of para-hydroxylation sites is 1. The van der Waals surface area contributed by atoms with Gasteiger partial charge in [-0.3, -0.25) is 24.4 Å². The van der Waals surface area contributed by atoms with Crippen molar-refractivity contribution in [2.24, 2.45) is 0 Å². The van der Waals surface area contributed by atoms with Gasteiger partial charge in [0.25, 0.3) is 11.8 Å². The van der Waals surface area contributed by atoms with Crippen molar-refractivity contribution in [3.05, 3.63) is 77.9 Å². The van der Waals surface area contributed by atoms with Crippen molar-refractivity contribution in [3.8, 4) is 17.2 Å². The summed E-state index contributed by atoms with van der Waals surface area (Å²) in [4.78, 5) is 41.0. The molecule has 3 aromatic rings. The molecule has 0 unspecified atom stereocenters. The molecule has 0 aliphatic carbocycles. The molecule has 2 aromatic heterocycles. The first-order chi connectivity index (χ1) is 17.3. The van der Waals surface area contributed by atoms with Crippen molar-refractivity contribution >= 4 is 17.6 Å². The minimum Gasteiger partial charge on any atom is -0.507 e. The Kier molecular flexibility index (Phi) is 16.4. The zero-order chi connectivity index (χ0) is 26.9. The molecular weight excluding hydrogens is 520 g/mol. The standard InChI is InChI=1S/2C9H11NO2.C8H10N2O2.Fe/c1-2-10-9(12)7-5-3-4-6-8(7)11;1-2-3-8(11)7-4-5-10-6-9(7)12;1-2-10-8(12)6-3-4-9-5-7(6)11;/h3-6,11H,2H2,1H3,(H,10,12);4-6,12H,2-3H2,1H3;3-5,11H,2H2,1H3,(H,10,12);. The Labute approximate surface area is 226 Å². The number of carbonyl (C=O) groups is 3. The molecule has 5 N–H and O–H groups in total. The van der Waals surface area contributed by atoms with E-state index in [1.54, 1.807) is 18.2 Å². The van der Waals surface area contributed by atoms with Crippen LogP contribution in [0, 0.1) is 0 Å². The normalized spacial score (nSPS) is 9.27. The van der Waals surface area contributed by atoms with E-state index in [1.807, 2.05) is 20.8 Å². The Bertz CT molecular complexity index is 1000. The van der Waals surface area contributed by atoms with E-state index in [4.69, 9.17) is 0 Å². The average Bonchev–Trinajstić information content (AvgIpc) is 2.86. The molecule has 11 heteroatoms. The fraction of sp³-hybridized carbons (Fsp3) is 0.269. The van der Waals surface area contributed by atoms with E-state index >= 15 is 0 Å². The quantitative estimate of drug-likeness (QED) is 0.220. The molecule has 0 saturated carbocycles. The van der Waals surface area contributed by atoms with Gasteiger partial charge in [0.2, 0.25) is 0 Å². The number of amides is 2. The Hall–Kier alpha value is -3.95. The number of nitrogens with one attached hydrogen (secondary N) is 2. The monoisotopic (exact) mass is 552 g/mol. The first kappa shape index (κ1) is 33.0. The molecule has 200 valence electrons. The first-order valence-electron chi connectivity index (χ1n) is 11.4. The second-order valence-corrected chi connectivity index (χ2v) is 7.19. The smallest absolute Gasteiger partial charge is 0.255 e. The number of rotatable bonds is 7. The van der Waals surface area contributed by atoms with Crippen LogP contribution in [0.25, 0.3) is 0 Å². The number of pyridine rings is 2. The summed E-state index contributed by atoms with van der Waals surface area (Å²) in [6, 6.07) is 9.47. The summed E-state index contributed by atoms with van der Waals surface area (Å²) < 4.78 is 0. The van der Waals surface area contributed by atoms with Crippen molar-refractivity contribution in [2.45, 2.75) is 33.6 Å². The van der Waals surface area contributed by atoms with Crippen LogP contribution in [0.15, 0.2) is 61.2 Å². The number of aromatic hydroxyl groups is 3. The Morgan fingerprint density at radius 1 is 0.703 bits per heavy atom. The summed E-state index contributed by atoms with van der Waals surface area (Å²) >= 11 is 0. The van der Waals surface area contributed by atoms with Gasteiger partial charge in [0.15, 0.2) is 5.78 Å². The van der Waals surface area contributed by atoms with Crippen molar-refractivity contribution in [2.75, 3.05) is 13.1 Å². The van der Waals surface area contributed by atoms with Crippen LogP contribution in [0.3, 0.4) is 0 Å². The summed E-state index contributed by atoms with van der Waals surface area (Å²) in [6.45, 7) is 6.68.